The number of benzene rings is 1. The molecule has 2 aliphatic heterocycles. The van der Waals surface area contributed by atoms with Crippen LogP contribution >= 0.6 is 0 Å². The van der Waals surface area contributed by atoms with Gasteiger partial charge >= 0.3 is 0 Å². The van der Waals surface area contributed by atoms with E-state index in [1.807, 2.05) is 24.3 Å². The first-order valence-corrected chi connectivity index (χ1v) is 9.31. The van der Waals surface area contributed by atoms with Crippen molar-refractivity contribution in [1.82, 2.24) is 4.90 Å². The SMILES string of the molecule is O=C(C1=C[C@H](c2ccccc2)C[C@H](OCCCCO)O1)N1CCOCC1. The molecular weight excluding hydrogens is 334 g/mol. The Balaban J connectivity index is 1.71. The fourth-order valence-electron chi connectivity index (χ4n) is 3.19. The van der Waals surface area contributed by atoms with Gasteiger partial charge in [-0.2, -0.15) is 0 Å². The van der Waals surface area contributed by atoms with Gasteiger partial charge < -0.3 is 24.2 Å². The van der Waals surface area contributed by atoms with Crippen molar-refractivity contribution in [2.75, 3.05) is 39.5 Å². The minimum absolute atomic E-state index is 0.0767. The van der Waals surface area contributed by atoms with Gasteiger partial charge in [0.2, 0.25) is 6.29 Å². The van der Waals surface area contributed by atoms with Crippen LogP contribution in [-0.2, 0) is 19.0 Å². The topological polar surface area (TPSA) is 68.2 Å². The molecule has 1 N–H and O–H groups in total. The van der Waals surface area contributed by atoms with Gasteiger partial charge in [-0.1, -0.05) is 30.3 Å². The van der Waals surface area contributed by atoms with E-state index in [2.05, 4.69) is 12.1 Å². The average Bonchev–Trinajstić information content (AvgIpc) is 2.72. The quantitative estimate of drug-likeness (QED) is 0.753. The highest BCUT2D eigenvalue weighted by Gasteiger charge is 2.31. The van der Waals surface area contributed by atoms with Crippen LogP contribution in [0.5, 0.6) is 0 Å². The summed E-state index contributed by atoms with van der Waals surface area (Å²) in [6, 6.07) is 10.1. The highest BCUT2D eigenvalue weighted by atomic mass is 16.7. The van der Waals surface area contributed by atoms with Gasteiger partial charge in [0.05, 0.1) is 19.8 Å². The maximum Gasteiger partial charge on any atom is 0.288 e. The van der Waals surface area contributed by atoms with Crippen LogP contribution in [0.15, 0.2) is 42.2 Å². The third-order valence-electron chi connectivity index (χ3n) is 4.65. The van der Waals surface area contributed by atoms with Crippen LogP contribution in [0, 0.1) is 0 Å². The smallest absolute Gasteiger partial charge is 0.288 e. The lowest BCUT2D eigenvalue weighted by Crippen LogP contribution is -2.43. The van der Waals surface area contributed by atoms with E-state index in [4.69, 9.17) is 19.3 Å². The van der Waals surface area contributed by atoms with Crippen LogP contribution in [0.1, 0.15) is 30.7 Å². The lowest BCUT2D eigenvalue weighted by molar-refractivity contribution is -0.155. The molecule has 1 amide bonds. The molecular formula is C20H27NO5. The summed E-state index contributed by atoms with van der Waals surface area (Å²) in [6.07, 6.45) is 3.60. The number of rotatable bonds is 7. The first kappa shape index (κ1) is 18.9. The van der Waals surface area contributed by atoms with Crippen LogP contribution < -0.4 is 0 Å². The van der Waals surface area contributed by atoms with Crippen molar-refractivity contribution in [2.45, 2.75) is 31.5 Å². The summed E-state index contributed by atoms with van der Waals surface area (Å²) in [5, 5.41) is 8.90. The Morgan fingerprint density at radius 3 is 2.69 bits per heavy atom. The van der Waals surface area contributed by atoms with Gasteiger partial charge in [-0.3, -0.25) is 4.79 Å². The Kier molecular flexibility index (Phi) is 7.05. The van der Waals surface area contributed by atoms with E-state index in [9.17, 15) is 4.79 Å². The summed E-state index contributed by atoms with van der Waals surface area (Å²) >= 11 is 0. The maximum atomic E-state index is 12.8. The third-order valence-corrected chi connectivity index (χ3v) is 4.65. The zero-order valence-electron chi connectivity index (χ0n) is 15.0. The van der Waals surface area contributed by atoms with Crippen LogP contribution in [0.3, 0.4) is 0 Å². The lowest BCUT2D eigenvalue weighted by Gasteiger charge is -2.33. The maximum absolute atomic E-state index is 12.8. The van der Waals surface area contributed by atoms with E-state index in [-0.39, 0.29) is 18.4 Å². The standard InChI is InChI=1S/C20H27NO5/c22-10-4-5-11-25-19-15-17(16-6-2-1-3-7-16)14-18(26-19)20(23)21-8-12-24-13-9-21/h1-3,6-7,14,17,19,22H,4-5,8-13,15H2/t17-,19+/m0/s1. The molecule has 0 saturated carbocycles. The molecule has 0 unspecified atom stereocenters. The molecule has 1 fully saturated rings. The van der Waals surface area contributed by atoms with Crippen molar-refractivity contribution in [1.29, 1.82) is 0 Å². The fraction of sp³-hybridized carbons (Fsp3) is 0.550. The molecule has 6 nitrogen and oxygen atoms in total. The second-order valence-corrected chi connectivity index (χ2v) is 6.54. The van der Waals surface area contributed by atoms with Crippen molar-refractivity contribution >= 4 is 5.91 Å². The molecule has 1 saturated heterocycles. The minimum atomic E-state index is -0.455. The molecule has 2 atom stereocenters. The lowest BCUT2D eigenvalue weighted by atomic mass is 9.93. The average molecular weight is 361 g/mol. The molecule has 6 heteroatoms. The Hall–Kier alpha value is -1.89. The Morgan fingerprint density at radius 1 is 1.19 bits per heavy atom. The first-order chi connectivity index (χ1) is 12.8. The van der Waals surface area contributed by atoms with Crippen LogP contribution in [0.4, 0.5) is 0 Å². The monoisotopic (exact) mass is 361 g/mol. The van der Waals surface area contributed by atoms with Crippen LogP contribution in [0.2, 0.25) is 0 Å². The van der Waals surface area contributed by atoms with Crippen molar-refractivity contribution < 1.29 is 24.1 Å². The van der Waals surface area contributed by atoms with Gasteiger partial charge in [0.15, 0.2) is 5.76 Å². The number of carbonyl (C=O) groups excluding carboxylic acids is 1. The molecule has 3 rings (SSSR count). The van der Waals surface area contributed by atoms with E-state index in [0.29, 0.717) is 51.5 Å². The molecule has 0 spiro atoms. The Bertz CT molecular complexity index is 597. The number of aliphatic hydroxyl groups is 1. The number of amides is 1. The fourth-order valence-corrected chi connectivity index (χ4v) is 3.19. The van der Waals surface area contributed by atoms with Crippen molar-refractivity contribution in [3.05, 3.63) is 47.7 Å². The molecule has 0 radical (unpaired) electrons. The van der Waals surface area contributed by atoms with Gasteiger partial charge in [0.1, 0.15) is 0 Å². The second-order valence-electron chi connectivity index (χ2n) is 6.54. The van der Waals surface area contributed by atoms with Crippen molar-refractivity contribution in [3.8, 4) is 0 Å². The first-order valence-electron chi connectivity index (χ1n) is 9.31. The number of nitrogens with zero attached hydrogens (tertiary/aromatic N) is 1. The molecule has 26 heavy (non-hydrogen) atoms. The zero-order chi connectivity index (χ0) is 18.2. The minimum Gasteiger partial charge on any atom is -0.459 e. The predicted molar refractivity (Wildman–Crippen MR) is 96.4 cm³/mol. The summed E-state index contributed by atoms with van der Waals surface area (Å²) < 4.78 is 17.0. The number of allylic oxidation sites excluding steroid dienone is 1. The molecule has 142 valence electrons. The molecule has 0 aliphatic carbocycles. The summed E-state index contributed by atoms with van der Waals surface area (Å²) in [5.74, 6) is 0.338. The molecule has 2 heterocycles. The van der Waals surface area contributed by atoms with Crippen LogP contribution in [-0.4, -0.2) is 61.7 Å². The van der Waals surface area contributed by atoms with E-state index in [1.165, 1.54) is 0 Å². The highest BCUT2D eigenvalue weighted by Crippen LogP contribution is 2.32. The van der Waals surface area contributed by atoms with E-state index in [0.717, 1.165) is 12.0 Å². The number of morpholine rings is 1. The molecule has 2 aliphatic rings. The Morgan fingerprint density at radius 2 is 1.96 bits per heavy atom. The predicted octanol–water partition coefficient (Wildman–Crippen LogP) is 2.05. The summed E-state index contributed by atoms with van der Waals surface area (Å²) in [6.45, 7) is 2.94. The van der Waals surface area contributed by atoms with Crippen molar-refractivity contribution in [2.24, 2.45) is 0 Å². The third kappa shape index (κ3) is 5.06. The van der Waals surface area contributed by atoms with Crippen LogP contribution in [0.25, 0.3) is 0 Å². The van der Waals surface area contributed by atoms with E-state index in [1.54, 1.807) is 4.90 Å². The summed E-state index contributed by atoms with van der Waals surface area (Å²) in [4.78, 5) is 14.6. The largest absolute Gasteiger partial charge is 0.459 e. The second kappa shape index (κ2) is 9.71. The highest BCUT2D eigenvalue weighted by molar-refractivity contribution is 5.91. The number of aliphatic hydroxyl groups excluding tert-OH is 1. The molecule has 0 bridgehead atoms. The Labute approximate surface area is 154 Å². The van der Waals surface area contributed by atoms with Crippen molar-refractivity contribution in [3.63, 3.8) is 0 Å². The summed E-state index contributed by atoms with van der Waals surface area (Å²) in [5.41, 5.74) is 1.15. The van der Waals surface area contributed by atoms with Gasteiger partial charge in [0, 0.05) is 32.0 Å². The molecule has 1 aromatic carbocycles. The number of unbranched alkanes of at least 4 members (excludes halogenated alkanes) is 1. The number of ether oxygens (including phenoxy) is 3. The van der Waals surface area contributed by atoms with E-state index < -0.39 is 6.29 Å². The van der Waals surface area contributed by atoms with E-state index >= 15 is 0 Å². The number of carbonyl (C=O) groups is 1. The molecule has 0 aromatic heterocycles. The zero-order valence-corrected chi connectivity index (χ0v) is 15.0. The van der Waals surface area contributed by atoms with Gasteiger partial charge in [-0.15, -0.1) is 0 Å². The molecule has 1 aromatic rings. The summed E-state index contributed by atoms with van der Waals surface area (Å²) in [7, 11) is 0. The van der Waals surface area contributed by atoms with Gasteiger partial charge in [0.25, 0.3) is 5.91 Å². The number of hydrogen-bond donors (Lipinski definition) is 1. The normalized spacial score (nSPS) is 23.3. The van der Waals surface area contributed by atoms with Gasteiger partial charge in [-0.25, -0.2) is 0 Å². The number of hydrogen-bond acceptors (Lipinski definition) is 5. The van der Waals surface area contributed by atoms with Gasteiger partial charge in [-0.05, 0) is 24.5 Å².